The van der Waals surface area contributed by atoms with Gasteiger partial charge in [0, 0.05) is 34.1 Å². The second-order valence-corrected chi connectivity index (χ2v) is 15.5. The van der Waals surface area contributed by atoms with Crippen molar-refractivity contribution in [1.82, 2.24) is 0 Å². The van der Waals surface area contributed by atoms with Crippen LogP contribution < -0.4 is 9.80 Å². The van der Waals surface area contributed by atoms with Crippen molar-refractivity contribution in [2.24, 2.45) is 0 Å². The first-order chi connectivity index (χ1) is 31.6. The zero-order valence-corrected chi connectivity index (χ0v) is 35.7. The quantitative estimate of drug-likeness (QED) is 0.101. The molecule has 0 saturated heterocycles. The van der Waals surface area contributed by atoms with Crippen molar-refractivity contribution in [2.75, 3.05) is 9.80 Å². The van der Waals surface area contributed by atoms with Gasteiger partial charge in [-0.25, -0.2) is 0 Å². The largest absolute Gasteiger partial charge is 0.311 e. The molecule has 0 heterocycles. The lowest BCUT2D eigenvalue weighted by Crippen LogP contribution is -2.14. The number of hydrogen-bond acceptors (Lipinski definition) is 2. The SMILES string of the molecule is C=C/C=C\c1cccc(-c2ccc(N(c3ccccc3)c3ccc(-c4cccc(/C=C/C=C(\C=C)N(c5ccccc5)c5ccc(-c6ccc7ccccc7c6)cc5)c4)cc3)cc2)c1. The Morgan fingerprint density at radius 3 is 1.33 bits per heavy atom. The van der Waals surface area contributed by atoms with Crippen molar-refractivity contribution in [2.45, 2.75) is 0 Å². The van der Waals surface area contributed by atoms with Gasteiger partial charge in [-0.15, -0.1) is 0 Å². The molecule has 0 aliphatic heterocycles. The highest BCUT2D eigenvalue weighted by atomic mass is 15.1. The molecule has 0 saturated carbocycles. The number of anilines is 5. The highest BCUT2D eigenvalue weighted by Gasteiger charge is 2.15. The monoisotopic (exact) mass is 820 g/mol. The van der Waals surface area contributed by atoms with E-state index in [-0.39, 0.29) is 0 Å². The van der Waals surface area contributed by atoms with Crippen molar-refractivity contribution in [3.63, 3.8) is 0 Å². The van der Waals surface area contributed by atoms with Crippen LogP contribution in [-0.4, -0.2) is 0 Å². The normalized spacial score (nSPS) is 11.5. The Kier molecular flexibility index (Phi) is 12.5. The van der Waals surface area contributed by atoms with Crippen LogP contribution in [0.5, 0.6) is 0 Å². The highest BCUT2D eigenvalue weighted by Crippen LogP contribution is 2.37. The predicted octanol–water partition coefficient (Wildman–Crippen LogP) is 17.4. The number of fused-ring (bicyclic) bond motifs is 1. The first-order valence-corrected chi connectivity index (χ1v) is 21.6. The standard InChI is InChI=1S/C62H48N2/c1-3-5-17-47-18-14-23-53(44-47)50-32-40-61(41-33-50)64(59-27-10-7-11-28-59)62-42-34-51(35-43-62)54-24-15-19-48(45-54)20-16-29-57(4-2)63(58-25-8-6-9-26-58)60-38-36-52(37-39-60)56-31-30-49-21-12-13-22-55(49)46-56/h3-46H,1-2H2/b17-5-,20-16+,57-29+. The third kappa shape index (κ3) is 9.38. The third-order valence-electron chi connectivity index (χ3n) is 11.4. The molecule has 9 aromatic carbocycles. The Bertz CT molecular complexity index is 3100. The Morgan fingerprint density at radius 2 is 0.781 bits per heavy atom. The van der Waals surface area contributed by atoms with Crippen molar-refractivity contribution >= 4 is 51.4 Å². The molecule has 0 unspecified atom stereocenters. The van der Waals surface area contributed by atoms with E-state index in [1.807, 2.05) is 18.2 Å². The Labute approximate surface area is 377 Å². The van der Waals surface area contributed by atoms with Crippen molar-refractivity contribution < 1.29 is 0 Å². The van der Waals surface area contributed by atoms with Crippen molar-refractivity contribution in [3.05, 3.63) is 285 Å². The molecule has 0 atom stereocenters. The molecule has 64 heavy (non-hydrogen) atoms. The summed E-state index contributed by atoms with van der Waals surface area (Å²) in [6.45, 7) is 8.04. The molecule has 9 rings (SSSR count). The number of para-hydroxylation sites is 2. The Balaban J connectivity index is 0.949. The van der Waals surface area contributed by atoms with E-state index in [1.54, 1.807) is 6.08 Å². The molecule has 0 aliphatic rings. The molecule has 306 valence electrons. The first kappa shape index (κ1) is 40.9. The van der Waals surface area contributed by atoms with Crippen LogP contribution in [0.4, 0.5) is 28.4 Å². The van der Waals surface area contributed by atoms with Gasteiger partial charge in [-0.2, -0.15) is 0 Å². The van der Waals surface area contributed by atoms with Crippen LogP contribution in [0.15, 0.2) is 274 Å². The van der Waals surface area contributed by atoms with Crippen LogP contribution in [0, 0.1) is 0 Å². The highest BCUT2D eigenvalue weighted by molar-refractivity contribution is 5.88. The van der Waals surface area contributed by atoms with E-state index >= 15 is 0 Å². The van der Waals surface area contributed by atoms with Crippen LogP contribution >= 0.6 is 0 Å². The Morgan fingerprint density at radius 1 is 0.344 bits per heavy atom. The van der Waals surface area contributed by atoms with Gasteiger partial charge in [0.2, 0.25) is 0 Å². The average molecular weight is 821 g/mol. The van der Waals surface area contributed by atoms with E-state index in [0.29, 0.717) is 0 Å². The average Bonchev–Trinajstić information content (AvgIpc) is 3.37. The lowest BCUT2D eigenvalue weighted by atomic mass is 10.0. The fourth-order valence-electron chi connectivity index (χ4n) is 8.14. The van der Waals surface area contributed by atoms with Gasteiger partial charge in [0.15, 0.2) is 0 Å². The molecule has 0 radical (unpaired) electrons. The molecule has 2 nitrogen and oxygen atoms in total. The van der Waals surface area contributed by atoms with E-state index in [9.17, 15) is 0 Å². The molecule has 0 aliphatic carbocycles. The molecular weight excluding hydrogens is 773 g/mol. The summed E-state index contributed by atoms with van der Waals surface area (Å²) >= 11 is 0. The minimum Gasteiger partial charge on any atom is -0.311 e. The summed E-state index contributed by atoms with van der Waals surface area (Å²) in [5.74, 6) is 0. The van der Waals surface area contributed by atoms with Gasteiger partial charge in [0.05, 0.1) is 0 Å². The fourth-order valence-corrected chi connectivity index (χ4v) is 8.14. The maximum absolute atomic E-state index is 4.24. The third-order valence-corrected chi connectivity index (χ3v) is 11.4. The summed E-state index contributed by atoms with van der Waals surface area (Å²) in [5, 5.41) is 2.48. The fraction of sp³-hybridized carbons (Fsp3) is 0. The van der Waals surface area contributed by atoms with Crippen molar-refractivity contribution in [1.29, 1.82) is 0 Å². The zero-order valence-electron chi connectivity index (χ0n) is 35.7. The predicted molar refractivity (Wildman–Crippen MR) is 277 cm³/mol. The zero-order chi connectivity index (χ0) is 43.5. The number of benzene rings is 9. The summed E-state index contributed by atoms with van der Waals surface area (Å²) in [6, 6.07) is 79.8. The molecule has 0 amide bonds. The molecule has 0 spiro atoms. The van der Waals surface area contributed by atoms with E-state index in [1.165, 1.54) is 33.0 Å². The van der Waals surface area contributed by atoms with E-state index < -0.39 is 0 Å². The summed E-state index contributed by atoms with van der Waals surface area (Å²) in [4.78, 5) is 4.55. The minimum absolute atomic E-state index is 0.969. The number of rotatable bonds is 14. The van der Waals surface area contributed by atoms with Gasteiger partial charge in [-0.05, 0) is 146 Å². The van der Waals surface area contributed by atoms with Gasteiger partial charge < -0.3 is 9.80 Å². The molecule has 2 heteroatoms. The molecular formula is C62H48N2. The van der Waals surface area contributed by atoms with E-state index in [0.717, 1.165) is 56.4 Å². The van der Waals surface area contributed by atoms with Gasteiger partial charge >= 0.3 is 0 Å². The molecule has 0 fully saturated rings. The van der Waals surface area contributed by atoms with Crippen LogP contribution in [-0.2, 0) is 0 Å². The maximum atomic E-state index is 4.24. The van der Waals surface area contributed by atoms with Crippen LogP contribution in [0.2, 0.25) is 0 Å². The number of allylic oxidation sites excluding steroid dienone is 5. The summed E-state index contributed by atoms with van der Waals surface area (Å²) in [5.41, 5.74) is 15.6. The minimum atomic E-state index is 0.969. The molecule has 0 N–H and O–H groups in total. The van der Waals surface area contributed by atoms with Gasteiger partial charge in [0.25, 0.3) is 0 Å². The Hall–Kier alpha value is -8.46. The van der Waals surface area contributed by atoms with Crippen LogP contribution in [0.1, 0.15) is 11.1 Å². The number of hydrogen-bond donors (Lipinski definition) is 0. The van der Waals surface area contributed by atoms with Crippen molar-refractivity contribution in [3.8, 4) is 33.4 Å². The molecule has 0 aromatic heterocycles. The molecule has 0 bridgehead atoms. The first-order valence-electron chi connectivity index (χ1n) is 21.6. The maximum Gasteiger partial charge on any atom is 0.0462 e. The van der Waals surface area contributed by atoms with Gasteiger partial charge in [-0.3, -0.25) is 0 Å². The summed E-state index contributed by atoms with van der Waals surface area (Å²) in [6.07, 6.45) is 14.1. The van der Waals surface area contributed by atoms with Crippen LogP contribution in [0.25, 0.3) is 56.3 Å². The topological polar surface area (TPSA) is 6.48 Å². The molecule has 9 aromatic rings. The lowest BCUT2D eigenvalue weighted by molar-refractivity contribution is 1.21. The lowest BCUT2D eigenvalue weighted by Gasteiger charge is -2.26. The number of nitrogens with zero attached hydrogens (tertiary/aromatic N) is 2. The van der Waals surface area contributed by atoms with Crippen LogP contribution in [0.3, 0.4) is 0 Å². The van der Waals surface area contributed by atoms with Gasteiger partial charge in [0.1, 0.15) is 0 Å². The second kappa shape index (κ2) is 19.5. The second-order valence-electron chi connectivity index (χ2n) is 15.5. The summed E-state index contributed by atoms with van der Waals surface area (Å²) < 4.78 is 0. The van der Waals surface area contributed by atoms with E-state index in [4.69, 9.17) is 0 Å². The smallest absolute Gasteiger partial charge is 0.0462 e. The van der Waals surface area contributed by atoms with Gasteiger partial charge in [-0.1, -0.05) is 189 Å². The summed E-state index contributed by atoms with van der Waals surface area (Å²) in [7, 11) is 0. The van der Waals surface area contributed by atoms with E-state index in [2.05, 4.69) is 266 Å².